The summed E-state index contributed by atoms with van der Waals surface area (Å²) in [4.78, 5) is 29.3. The van der Waals surface area contributed by atoms with Crippen LogP contribution in [-0.2, 0) is 22.6 Å². The van der Waals surface area contributed by atoms with Gasteiger partial charge in [-0.3, -0.25) is 14.5 Å². The van der Waals surface area contributed by atoms with E-state index in [9.17, 15) is 9.59 Å². The van der Waals surface area contributed by atoms with Crippen LogP contribution < -0.4 is 10.2 Å². The fraction of sp³-hybridized carbons (Fsp3) is 0.333. The summed E-state index contributed by atoms with van der Waals surface area (Å²) in [5.74, 6) is -0.223. The molecule has 0 aliphatic heterocycles. The van der Waals surface area contributed by atoms with Crippen molar-refractivity contribution in [2.45, 2.75) is 58.7 Å². The molecule has 8 heteroatoms. The van der Waals surface area contributed by atoms with E-state index in [-0.39, 0.29) is 18.4 Å². The first kappa shape index (κ1) is 24.2. The second-order valence-corrected chi connectivity index (χ2v) is 9.13. The molecule has 0 aliphatic carbocycles. The Hall–Kier alpha value is -3.94. The van der Waals surface area contributed by atoms with Crippen molar-refractivity contribution >= 4 is 28.5 Å². The molecule has 2 heterocycles. The van der Waals surface area contributed by atoms with Gasteiger partial charge in [-0.15, -0.1) is 5.10 Å². The summed E-state index contributed by atoms with van der Waals surface area (Å²) in [6, 6.07) is 17.5. The van der Waals surface area contributed by atoms with E-state index in [1.807, 2.05) is 76.2 Å². The standard InChI is InChI=1S/C27H31N5O3/c1-5-19-12-7-9-14-21(19)32(24(33)18-31-22-15-10-8-13-20(22)29-30-31)25(23-16-11-17-35-23)26(34)28-27(3,4)6-2/h7-17,25H,5-6,18H2,1-4H3,(H,28,34)/t25-/m0/s1. The molecule has 2 aromatic heterocycles. The molecule has 35 heavy (non-hydrogen) atoms. The van der Waals surface area contributed by atoms with Gasteiger partial charge in [0.2, 0.25) is 5.91 Å². The van der Waals surface area contributed by atoms with Gasteiger partial charge < -0.3 is 9.73 Å². The minimum atomic E-state index is -0.995. The van der Waals surface area contributed by atoms with E-state index in [2.05, 4.69) is 15.6 Å². The van der Waals surface area contributed by atoms with E-state index in [0.717, 1.165) is 17.5 Å². The molecule has 2 aromatic carbocycles. The van der Waals surface area contributed by atoms with Crippen LogP contribution in [0.1, 0.15) is 51.5 Å². The lowest BCUT2D eigenvalue weighted by molar-refractivity contribution is -0.128. The number of para-hydroxylation sites is 2. The van der Waals surface area contributed by atoms with E-state index in [1.165, 1.54) is 11.2 Å². The van der Waals surface area contributed by atoms with Crippen molar-refractivity contribution in [3.63, 3.8) is 0 Å². The smallest absolute Gasteiger partial charge is 0.251 e. The SMILES string of the molecule is CCc1ccccc1N(C(=O)Cn1nnc2ccccc21)[C@H](C(=O)NC(C)(C)CC)c1ccco1. The number of fused-ring (bicyclic) bond motifs is 1. The molecule has 1 N–H and O–H groups in total. The average Bonchev–Trinajstić information content (AvgIpc) is 3.52. The lowest BCUT2D eigenvalue weighted by atomic mass is 10.00. The zero-order valence-electron chi connectivity index (χ0n) is 20.6. The fourth-order valence-corrected chi connectivity index (χ4v) is 4.01. The summed E-state index contributed by atoms with van der Waals surface area (Å²) in [5.41, 5.74) is 2.60. The van der Waals surface area contributed by atoms with Crippen LogP contribution in [0.25, 0.3) is 11.0 Å². The summed E-state index contributed by atoms with van der Waals surface area (Å²) in [7, 11) is 0. The molecule has 0 fully saturated rings. The highest BCUT2D eigenvalue weighted by atomic mass is 16.3. The molecule has 0 saturated carbocycles. The molecule has 8 nitrogen and oxygen atoms in total. The molecule has 0 radical (unpaired) electrons. The van der Waals surface area contributed by atoms with E-state index >= 15 is 0 Å². The van der Waals surface area contributed by atoms with Gasteiger partial charge in [0, 0.05) is 11.2 Å². The first-order chi connectivity index (χ1) is 16.8. The van der Waals surface area contributed by atoms with Gasteiger partial charge in [-0.25, -0.2) is 4.68 Å². The van der Waals surface area contributed by atoms with E-state index < -0.39 is 11.6 Å². The highest BCUT2D eigenvalue weighted by Crippen LogP contribution is 2.32. The number of anilines is 1. The highest BCUT2D eigenvalue weighted by molar-refractivity contribution is 6.02. The number of nitrogens with zero attached hydrogens (tertiary/aromatic N) is 4. The number of hydrogen-bond acceptors (Lipinski definition) is 5. The van der Waals surface area contributed by atoms with Crippen LogP contribution in [0.3, 0.4) is 0 Å². The van der Waals surface area contributed by atoms with Gasteiger partial charge >= 0.3 is 0 Å². The number of carbonyl (C=O) groups is 2. The quantitative estimate of drug-likeness (QED) is 0.381. The maximum absolute atomic E-state index is 14.0. The third kappa shape index (κ3) is 5.11. The largest absolute Gasteiger partial charge is 0.467 e. The first-order valence-corrected chi connectivity index (χ1v) is 11.9. The van der Waals surface area contributed by atoms with E-state index in [0.29, 0.717) is 23.4 Å². The second-order valence-electron chi connectivity index (χ2n) is 9.13. The molecule has 0 bridgehead atoms. The Balaban J connectivity index is 1.81. The summed E-state index contributed by atoms with van der Waals surface area (Å²) >= 11 is 0. The van der Waals surface area contributed by atoms with Gasteiger partial charge in [-0.2, -0.15) is 0 Å². The van der Waals surface area contributed by atoms with Gasteiger partial charge in [0.15, 0.2) is 6.04 Å². The van der Waals surface area contributed by atoms with Crippen LogP contribution >= 0.6 is 0 Å². The van der Waals surface area contributed by atoms with Crippen LogP contribution in [0.2, 0.25) is 0 Å². The maximum atomic E-state index is 14.0. The molecule has 2 amide bonds. The van der Waals surface area contributed by atoms with Crippen molar-refractivity contribution in [2.24, 2.45) is 0 Å². The van der Waals surface area contributed by atoms with Crippen LogP contribution in [0.5, 0.6) is 0 Å². The summed E-state index contributed by atoms with van der Waals surface area (Å²) in [5, 5.41) is 11.5. The Bertz CT molecular complexity index is 1310. The molecule has 4 aromatic rings. The van der Waals surface area contributed by atoms with Crippen molar-refractivity contribution in [3.05, 3.63) is 78.3 Å². The zero-order chi connectivity index (χ0) is 25.0. The Kier molecular flexibility index (Phi) is 7.00. The third-order valence-electron chi connectivity index (χ3n) is 6.27. The van der Waals surface area contributed by atoms with Crippen molar-refractivity contribution in [3.8, 4) is 0 Å². The van der Waals surface area contributed by atoms with Crippen molar-refractivity contribution in [2.75, 3.05) is 4.90 Å². The molecule has 0 unspecified atom stereocenters. The van der Waals surface area contributed by atoms with Crippen molar-refractivity contribution in [1.29, 1.82) is 0 Å². The molecule has 182 valence electrons. The number of rotatable bonds is 9. The zero-order valence-corrected chi connectivity index (χ0v) is 20.6. The van der Waals surface area contributed by atoms with Crippen molar-refractivity contribution in [1.82, 2.24) is 20.3 Å². The number of aromatic nitrogens is 3. The van der Waals surface area contributed by atoms with E-state index in [1.54, 1.807) is 16.8 Å². The second kappa shape index (κ2) is 10.1. The molecule has 0 spiro atoms. The average molecular weight is 474 g/mol. The lowest BCUT2D eigenvalue weighted by Gasteiger charge is -2.34. The molecular formula is C27H31N5O3. The fourth-order valence-electron chi connectivity index (χ4n) is 4.01. The molecular weight excluding hydrogens is 442 g/mol. The number of hydrogen-bond donors (Lipinski definition) is 1. The minimum absolute atomic E-state index is 0.0831. The number of amides is 2. The Morgan fingerprint density at radius 3 is 2.51 bits per heavy atom. The van der Waals surface area contributed by atoms with Crippen molar-refractivity contribution < 1.29 is 14.0 Å². The van der Waals surface area contributed by atoms with Gasteiger partial charge in [0.25, 0.3) is 5.91 Å². The Morgan fingerprint density at radius 1 is 1.06 bits per heavy atom. The lowest BCUT2D eigenvalue weighted by Crippen LogP contribution is -2.51. The van der Waals surface area contributed by atoms with Crippen LogP contribution in [-0.4, -0.2) is 32.3 Å². The van der Waals surface area contributed by atoms with Gasteiger partial charge in [-0.1, -0.05) is 49.4 Å². The number of nitrogens with one attached hydrogen (secondary N) is 1. The number of furan rings is 1. The molecule has 0 aliphatic rings. The van der Waals surface area contributed by atoms with Crippen LogP contribution in [0, 0.1) is 0 Å². The molecule has 0 saturated heterocycles. The monoisotopic (exact) mass is 473 g/mol. The van der Waals surface area contributed by atoms with Crippen LogP contribution in [0.15, 0.2) is 71.3 Å². The highest BCUT2D eigenvalue weighted by Gasteiger charge is 2.37. The number of carbonyl (C=O) groups excluding carboxylic acids is 2. The predicted molar refractivity (Wildman–Crippen MR) is 135 cm³/mol. The van der Waals surface area contributed by atoms with Gasteiger partial charge in [0.1, 0.15) is 17.8 Å². The molecule has 1 atom stereocenters. The Labute approximate surface area is 204 Å². The summed E-state index contributed by atoms with van der Waals surface area (Å²) < 4.78 is 7.27. The molecule has 4 rings (SSSR count). The number of aryl methyl sites for hydroxylation is 1. The maximum Gasteiger partial charge on any atom is 0.251 e. The minimum Gasteiger partial charge on any atom is -0.467 e. The first-order valence-electron chi connectivity index (χ1n) is 11.9. The van der Waals surface area contributed by atoms with E-state index in [4.69, 9.17) is 4.42 Å². The van der Waals surface area contributed by atoms with Gasteiger partial charge in [-0.05, 0) is 62.6 Å². The number of benzene rings is 2. The topological polar surface area (TPSA) is 93.3 Å². The third-order valence-corrected chi connectivity index (χ3v) is 6.27. The summed E-state index contributed by atoms with van der Waals surface area (Å²) in [6.07, 6.45) is 2.94. The normalized spacial score (nSPS) is 12.5. The van der Waals surface area contributed by atoms with Gasteiger partial charge in [0.05, 0.1) is 11.8 Å². The summed E-state index contributed by atoms with van der Waals surface area (Å²) in [6.45, 7) is 7.86. The Morgan fingerprint density at radius 2 is 1.80 bits per heavy atom. The predicted octanol–water partition coefficient (Wildman–Crippen LogP) is 4.67. The van der Waals surface area contributed by atoms with Crippen LogP contribution in [0.4, 0.5) is 5.69 Å².